The van der Waals surface area contributed by atoms with E-state index < -0.39 is 6.10 Å². The highest BCUT2D eigenvalue weighted by molar-refractivity contribution is 5.81. The number of benzene rings is 1. The van der Waals surface area contributed by atoms with Gasteiger partial charge in [0.2, 0.25) is 0 Å². The standard InChI is InChI=1S/C16H24N2O3/c1-12(21-15-6-4-14(20-3)5-7-15)16(19)17-13-8-10-18(2)11-9-13/h4-7,12-13H,8-11H2,1-3H3,(H,17,19). The minimum absolute atomic E-state index is 0.0552. The predicted octanol–water partition coefficient (Wildman–Crippen LogP) is 1.67. The van der Waals surface area contributed by atoms with Gasteiger partial charge in [-0.1, -0.05) is 0 Å². The third-order valence-electron chi connectivity index (χ3n) is 3.81. The monoisotopic (exact) mass is 292 g/mol. The number of hydrogen-bond donors (Lipinski definition) is 1. The van der Waals surface area contributed by atoms with Crippen LogP contribution < -0.4 is 14.8 Å². The Bertz CT molecular complexity index is 453. The van der Waals surface area contributed by atoms with Crippen LogP contribution in [0.2, 0.25) is 0 Å². The van der Waals surface area contributed by atoms with Crippen molar-refractivity contribution >= 4 is 5.91 Å². The second kappa shape index (κ2) is 7.31. The number of nitrogens with one attached hydrogen (secondary N) is 1. The topological polar surface area (TPSA) is 50.8 Å². The van der Waals surface area contributed by atoms with E-state index in [1.165, 1.54) is 0 Å². The van der Waals surface area contributed by atoms with Gasteiger partial charge in [0.15, 0.2) is 6.10 Å². The molecule has 1 aromatic carbocycles. The van der Waals surface area contributed by atoms with Gasteiger partial charge < -0.3 is 19.7 Å². The van der Waals surface area contributed by atoms with E-state index in [-0.39, 0.29) is 11.9 Å². The summed E-state index contributed by atoms with van der Waals surface area (Å²) in [5.41, 5.74) is 0. The highest BCUT2D eigenvalue weighted by atomic mass is 16.5. The lowest BCUT2D eigenvalue weighted by Crippen LogP contribution is -2.47. The summed E-state index contributed by atoms with van der Waals surface area (Å²) in [6.07, 6.45) is 1.49. The van der Waals surface area contributed by atoms with Crippen LogP contribution in [-0.4, -0.2) is 50.2 Å². The SMILES string of the molecule is COc1ccc(OC(C)C(=O)NC2CCN(C)CC2)cc1. The first kappa shape index (κ1) is 15.6. The molecule has 0 aromatic heterocycles. The average Bonchev–Trinajstić information content (AvgIpc) is 2.50. The molecule has 5 heteroatoms. The van der Waals surface area contributed by atoms with E-state index in [1.54, 1.807) is 26.2 Å². The average molecular weight is 292 g/mol. The minimum Gasteiger partial charge on any atom is -0.497 e. The van der Waals surface area contributed by atoms with Crippen molar-refractivity contribution in [2.24, 2.45) is 0 Å². The predicted molar refractivity (Wildman–Crippen MR) is 81.7 cm³/mol. The van der Waals surface area contributed by atoms with E-state index in [0.717, 1.165) is 31.7 Å². The van der Waals surface area contributed by atoms with Gasteiger partial charge in [0.05, 0.1) is 7.11 Å². The van der Waals surface area contributed by atoms with Crippen LogP contribution in [0.3, 0.4) is 0 Å². The Morgan fingerprint density at radius 3 is 2.38 bits per heavy atom. The summed E-state index contributed by atoms with van der Waals surface area (Å²) < 4.78 is 10.8. The second-order valence-corrected chi connectivity index (χ2v) is 5.52. The summed E-state index contributed by atoms with van der Waals surface area (Å²) in [6.45, 7) is 3.83. The first-order valence-electron chi connectivity index (χ1n) is 7.38. The molecule has 1 aliphatic heterocycles. The highest BCUT2D eigenvalue weighted by Crippen LogP contribution is 2.18. The molecule has 1 saturated heterocycles. The molecule has 1 heterocycles. The van der Waals surface area contributed by atoms with Crippen LogP contribution in [0.25, 0.3) is 0 Å². The van der Waals surface area contributed by atoms with Gasteiger partial charge in [-0.2, -0.15) is 0 Å². The van der Waals surface area contributed by atoms with Crippen molar-refractivity contribution in [3.63, 3.8) is 0 Å². The zero-order valence-corrected chi connectivity index (χ0v) is 13.0. The van der Waals surface area contributed by atoms with Crippen molar-refractivity contribution in [2.75, 3.05) is 27.2 Å². The van der Waals surface area contributed by atoms with Crippen LogP contribution in [0.1, 0.15) is 19.8 Å². The Hall–Kier alpha value is -1.75. The van der Waals surface area contributed by atoms with Gasteiger partial charge in [0, 0.05) is 6.04 Å². The maximum atomic E-state index is 12.1. The molecule has 0 aliphatic carbocycles. The molecule has 116 valence electrons. The number of rotatable bonds is 5. The highest BCUT2D eigenvalue weighted by Gasteiger charge is 2.22. The Labute approximate surface area is 126 Å². The second-order valence-electron chi connectivity index (χ2n) is 5.52. The molecule has 1 aromatic rings. The lowest BCUT2D eigenvalue weighted by atomic mass is 10.1. The first-order chi connectivity index (χ1) is 10.1. The normalized spacial score (nSPS) is 18.0. The molecule has 1 fully saturated rings. The molecule has 5 nitrogen and oxygen atoms in total. The number of likely N-dealkylation sites (tertiary alicyclic amines) is 1. The van der Waals surface area contributed by atoms with E-state index in [2.05, 4.69) is 17.3 Å². The number of nitrogens with zero attached hydrogens (tertiary/aromatic N) is 1. The summed E-state index contributed by atoms with van der Waals surface area (Å²) >= 11 is 0. The first-order valence-corrected chi connectivity index (χ1v) is 7.38. The number of ether oxygens (including phenoxy) is 2. The summed E-state index contributed by atoms with van der Waals surface area (Å²) in [4.78, 5) is 14.4. The van der Waals surface area contributed by atoms with Crippen molar-refractivity contribution < 1.29 is 14.3 Å². The van der Waals surface area contributed by atoms with Crippen LogP contribution in [-0.2, 0) is 4.79 Å². The van der Waals surface area contributed by atoms with Gasteiger partial charge in [-0.25, -0.2) is 0 Å². The van der Waals surface area contributed by atoms with Crippen molar-refractivity contribution in [3.05, 3.63) is 24.3 Å². The van der Waals surface area contributed by atoms with E-state index in [1.807, 2.05) is 12.1 Å². The molecule has 0 spiro atoms. The minimum atomic E-state index is -0.502. The zero-order valence-electron chi connectivity index (χ0n) is 13.0. The molecule has 0 bridgehead atoms. The van der Waals surface area contributed by atoms with E-state index in [4.69, 9.17) is 9.47 Å². The fourth-order valence-electron chi connectivity index (χ4n) is 2.38. The van der Waals surface area contributed by atoms with E-state index in [9.17, 15) is 4.79 Å². The molecule has 2 rings (SSSR count). The molecule has 1 amide bonds. The molecule has 1 aliphatic rings. The van der Waals surface area contributed by atoms with Crippen LogP contribution in [0.5, 0.6) is 11.5 Å². The number of piperidine rings is 1. The Morgan fingerprint density at radius 2 is 1.81 bits per heavy atom. The molecule has 1 atom stereocenters. The van der Waals surface area contributed by atoms with E-state index >= 15 is 0 Å². The van der Waals surface area contributed by atoms with Crippen molar-refractivity contribution in [1.29, 1.82) is 0 Å². The maximum absolute atomic E-state index is 12.1. The molecular weight excluding hydrogens is 268 g/mol. The molecule has 21 heavy (non-hydrogen) atoms. The quantitative estimate of drug-likeness (QED) is 0.897. The molecular formula is C16H24N2O3. The molecule has 1 N–H and O–H groups in total. The third kappa shape index (κ3) is 4.63. The number of carbonyl (C=O) groups excluding carboxylic acids is 1. The Morgan fingerprint density at radius 1 is 1.24 bits per heavy atom. The largest absolute Gasteiger partial charge is 0.497 e. The Kier molecular flexibility index (Phi) is 5.44. The third-order valence-corrected chi connectivity index (χ3v) is 3.81. The molecule has 1 unspecified atom stereocenters. The number of hydrogen-bond acceptors (Lipinski definition) is 4. The molecule has 0 radical (unpaired) electrons. The fraction of sp³-hybridized carbons (Fsp3) is 0.562. The van der Waals surface area contributed by atoms with Gasteiger partial charge in [0.1, 0.15) is 11.5 Å². The Balaban J connectivity index is 1.81. The van der Waals surface area contributed by atoms with Gasteiger partial charge in [-0.05, 0) is 64.2 Å². The zero-order chi connectivity index (χ0) is 15.2. The maximum Gasteiger partial charge on any atom is 0.260 e. The lowest BCUT2D eigenvalue weighted by Gasteiger charge is -2.30. The van der Waals surface area contributed by atoms with E-state index in [0.29, 0.717) is 5.75 Å². The van der Waals surface area contributed by atoms with Crippen molar-refractivity contribution in [3.8, 4) is 11.5 Å². The van der Waals surface area contributed by atoms with Crippen LogP contribution in [0, 0.1) is 0 Å². The summed E-state index contributed by atoms with van der Waals surface area (Å²) in [5, 5.41) is 3.07. The fourth-order valence-corrected chi connectivity index (χ4v) is 2.38. The summed E-state index contributed by atoms with van der Waals surface area (Å²) in [7, 11) is 3.72. The number of carbonyl (C=O) groups is 1. The number of amides is 1. The van der Waals surface area contributed by atoms with Crippen LogP contribution in [0.4, 0.5) is 0 Å². The lowest BCUT2D eigenvalue weighted by molar-refractivity contribution is -0.128. The number of methoxy groups -OCH3 is 1. The smallest absolute Gasteiger partial charge is 0.260 e. The van der Waals surface area contributed by atoms with Gasteiger partial charge in [-0.15, -0.1) is 0 Å². The summed E-state index contributed by atoms with van der Waals surface area (Å²) in [6, 6.07) is 7.50. The van der Waals surface area contributed by atoms with Gasteiger partial charge in [0.25, 0.3) is 5.91 Å². The van der Waals surface area contributed by atoms with Gasteiger partial charge in [-0.3, -0.25) is 4.79 Å². The molecule has 0 saturated carbocycles. The van der Waals surface area contributed by atoms with Crippen molar-refractivity contribution in [1.82, 2.24) is 10.2 Å². The van der Waals surface area contributed by atoms with Crippen molar-refractivity contribution in [2.45, 2.75) is 31.9 Å². The van der Waals surface area contributed by atoms with Gasteiger partial charge >= 0.3 is 0 Å². The van der Waals surface area contributed by atoms with Crippen LogP contribution >= 0.6 is 0 Å². The summed E-state index contributed by atoms with van der Waals surface area (Å²) in [5.74, 6) is 1.38. The van der Waals surface area contributed by atoms with Crippen LogP contribution in [0.15, 0.2) is 24.3 Å².